The van der Waals surface area contributed by atoms with E-state index in [0.717, 1.165) is 50.9 Å². The lowest BCUT2D eigenvalue weighted by Crippen LogP contribution is -2.52. The lowest BCUT2D eigenvalue weighted by molar-refractivity contribution is -0.121. The van der Waals surface area contributed by atoms with Gasteiger partial charge in [-0.2, -0.15) is 0 Å². The van der Waals surface area contributed by atoms with Crippen LogP contribution in [-0.4, -0.2) is 58.2 Å². The van der Waals surface area contributed by atoms with Crippen LogP contribution in [-0.2, 0) is 4.79 Å². The SMILES string of the molecule is O=C(NC1CCN(C2CCCCC2O)CC1)C1CCCS1. The summed E-state index contributed by atoms with van der Waals surface area (Å²) < 4.78 is 0. The second-order valence-electron chi connectivity index (χ2n) is 6.74. The van der Waals surface area contributed by atoms with Gasteiger partial charge in [0.2, 0.25) is 5.91 Å². The maximum atomic E-state index is 12.2. The highest BCUT2D eigenvalue weighted by atomic mass is 32.2. The molecule has 0 spiro atoms. The van der Waals surface area contributed by atoms with Gasteiger partial charge in [0.05, 0.1) is 11.4 Å². The van der Waals surface area contributed by atoms with Crippen LogP contribution in [0.5, 0.6) is 0 Å². The molecule has 2 heterocycles. The van der Waals surface area contributed by atoms with E-state index in [2.05, 4.69) is 10.2 Å². The highest BCUT2D eigenvalue weighted by molar-refractivity contribution is 8.00. The van der Waals surface area contributed by atoms with E-state index in [1.807, 2.05) is 11.8 Å². The molecule has 2 aliphatic heterocycles. The van der Waals surface area contributed by atoms with E-state index in [-0.39, 0.29) is 17.3 Å². The minimum atomic E-state index is -0.139. The molecule has 120 valence electrons. The average Bonchev–Trinajstić information content (AvgIpc) is 3.03. The van der Waals surface area contributed by atoms with Gasteiger partial charge in [0.1, 0.15) is 0 Å². The Morgan fingerprint density at radius 1 is 1.05 bits per heavy atom. The Bertz CT molecular complexity index is 352. The van der Waals surface area contributed by atoms with E-state index in [0.29, 0.717) is 12.1 Å². The zero-order valence-electron chi connectivity index (χ0n) is 12.8. The number of nitrogens with one attached hydrogen (secondary N) is 1. The Hall–Kier alpha value is -0.260. The van der Waals surface area contributed by atoms with Crippen molar-refractivity contribution in [3.8, 4) is 0 Å². The minimum absolute atomic E-state index is 0.139. The number of nitrogens with zero attached hydrogens (tertiary/aromatic N) is 1. The first kappa shape index (κ1) is 15.6. The molecule has 5 heteroatoms. The lowest BCUT2D eigenvalue weighted by atomic mass is 9.89. The molecule has 0 bridgehead atoms. The van der Waals surface area contributed by atoms with Crippen molar-refractivity contribution in [3.63, 3.8) is 0 Å². The number of carbonyl (C=O) groups is 1. The zero-order chi connectivity index (χ0) is 14.7. The topological polar surface area (TPSA) is 52.6 Å². The smallest absolute Gasteiger partial charge is 0.233 e. The number of thioether (sulfide) groups is 1. The van der Waals surface area contributed by atoms with E-state index >= 15 is 0 Å². The summed E-state index contributed by atoms with van der Waals surface area (Å²) in [4.78, 5) is 14.6. The van der Waals surface area contributed by atoms with Crippen LogP contribution in [0.2, 0.25) is 0 Å². The van der Waals surface area contributed by atoms with Crippen LogP contribution in [0.25, 0.3) is 0 Å². The quantitative estimate of drug-likeness (QED) is 0.834. The third kappa shape index (κ3) is 3.93. The van der Waals surface area contributed by atoms with Crippen molar-refractivity contribution in [1.29, 1.82) is 0 Å². The fraction of sp³-hybridized carbons (Fsp3) is 0.938. The summed E-state index contributed by atoms with van der Waals surface area (Å²) in [5.41, 5.74) is 0. The molecule has 1 amide bonds. The summed E-state index contributed by atoms with van der Waals surface area (Å²) in [6, 6.07) is 0.705. The van der Waals surface area contributed by atoms with Crippen molar-refractivity contribution in [1.82, 2.24) is 10.2 Å². The zero-order valence-corrected chi connectivity index (χ0v) is 13.6. The van der Waals surface area contributed by atoms with Gasteiger partial charge in [-0.1, -0.05) is 12.8 Å². The molecule has 21 heavy (non-hydrogen) atoms. The van der Waals surface area contributed by atoms with Crippen LogP contribution in [0.4, 0.5) is 0 Å². The molecule has 0 aromatic heterocycles. The van der Waals surface area contributed by atoms with Crippen molar-refractivity contribution >= 4 is 17.7 Å². The molecule has 0 radical (unpaired) electrons. The third-order valence-electron chi connectivity index (χ3n) is 5.26. The normalized spacial score (nSPS) is 35.8. The molecular formula is C16H28N2O2S. The summed E-state index contributed by atoms with van der Waals surface area (Å²) in [6.07, 6.45) is 8.67. The number of aliphatic hydroxyl groups is 1. The van der Waals surface area contributed by atoms with Crippen molar-refractivity contribution in [3.05, 3.63) is 0 Å². The van der Waals surface area contributed by atoms with Crippen LogP contribution in [0.1, 0.15) is 51.4 Å². The first-order valence-electron chi connectivity index (χ1n) is 8.58. The van der Waals surface area contributed by atoms with Gasteiger partial charge in [-0.15, -0.1) is 11.8 Å². The molecule has 4 nitrogen and oxygen atoms in total. The molecule has 1 aliphatic carbocycles. The fourth-order valence-electron chi connectivity index (χ4n) is 3.97. The number of aliphatic hydroxyl groups excluding tert-OH is 1. The third-order valence-corrected chi connectivity index (χ3v) is 6.64. The first-order chi connectivity index (χ1) is 10.2. The monoisotopic (exact) mass is 312 g/mol. The number of rotatable bonds is 3. The van der Waals surface area contributed by atoms with E-state index in [9.17, 15) is 9.90 Å². The van der Waals surface area contributed by atoms with E-state index in [1.165, 1.54) is 19.3 Å². The molecule has 0 aromatic rings. The number of hydrogen-bond acceptors (Lipinski definition) is 4. The van der Waals surface area contributed by atoms with E-state index in [1.54, 1.807) is 0 Å². The van der Waals surface area contributed by atoms with Gasteiger partial charge in [-0.05, 0) is 44.3 Å². The Kier molecular flexibility index (Phi) is 5.46. The Morgan fingerprint density at radius 3 is 2.48 bits per heavy atom. The number of piperidine rings is 1. The standard InChI is InChI=1S/C16H28N2O2S/c19-14-5-2-1-4-13(14)18-9-7-12(8-10-18)17-16(20)15-6-3-11-21-15/h12-15,19H,1-11H2,(H,17,20). The van der Waals surface area contributed by atoms with Gasteiger partial charge in [0.25, 0.3) is 0 Å². The predicted molar refractivity (Wildman–Crippen MR) is 86.5 cm³/mol. The molecule has 2 saturated heterocycles. The van der Waals surface area contributed by atoms with Gasteiger partial charge < -0.3 is 10.4 Å². The molecular weight excluding hydrogens is 284 g/mol. The molecule has 1 saturated carbocycles. The van der Waals surface area contributed by atoms with Gasteiger partial charge in [-0.3, -0.25) is 9.69 Å². The summed E-state index contributed by atoms with van der Waals surface area (Å²) >= 11 is 1.81. The van der Waals surface area contributed by atoms with Crippen LogP contribution in [0.15, 0.2) is 0 Å². The maximum absolute atomic E-state index is 12.2. The van der Waals surface area contributed by atoms with Crippen LogP contribution in [0.3, 0.4) is 0 Å². The second-order valence-corrected chi connectivity index (χ2v) is 8.05. The number of likely N-dealkylation sites (tertiary alicyclic amines) is 1. The first-order valence-corrected chi connectivity index (χ1v) is 9.63. The molecule has 3 rings (SSSR count). The second kappa shape index (κ2) is 7.34. The van der Waals surface area contributed by atoms with E-state index < -0.39 is 0 Å². The lowest BCUT2D eigenvalue weighted by Gasteiger charge is -2.41. The molecule has 3 fully saturated rings. The molecule has 3 aliphatic rings. The molecule has 2 N–H and O–H groups in total. The van der Waals surface area contributed by atoms with Gasteiger partial charge in [0, 0.05) is 25.2 Å². The highest BCUT2D eigenvalue weighted by Crippen LogP contribution is 2.28. The highest BCUT2D eigenvalue weighted by Gasteiger charge is 2.32. The summed E-state index contributed by atoms with van der Waals surface area (Å²) in [7, 11) is 0. The minimum Gasteiger partial charge on any atom is -0.391 e. The Labute approximate surface area is 132 Å². The summed E-state index contributed by atoms with van der Waals surface area (Å²) in [6.45, 7) is 2.04. The van der Waals surface area contributed by atoms with Gasteiger partial charge in [-0.25, -0.2) is 0 Å². The molecule has 3 unspecified atom stereocenters. The maximum Gasteiger partial charge on any atom is 0.233 e. The average molecular weight is 312 g/mol. The van der Waals surface area contributed by atoms with Gasteiger partial charge in [0.15, 0.2) is 0 Å². The predicted octanol–water partition coefficient (Wildman–Crippen LogP) is 1.77. The Morgan fingerprint density at radius 2 is 1.81 bits per heavy atom. The number of amides is 1. The van der Waals surface area contributed by atoms with Crippen LogP contribution >= 0.6 is 11.8 Å². The molecule has 0 aromatic carbocycles. The summed E-state index contributed by atoms with van der Waals surface area (Å²) in [5, 5.41) is 13.6. The number of hydrogen-bond donors (Lipinski definition) is 2. The number of carbonyl (C=O) groups excluding carboxylic acids is 1. The van der Waals surface area contributed by atoms with Crippen LogP contribution < -0.4 is 5.32 Å². The van der Waals surface area contributed by atoms with Crippen molar-refractivity contribution in [2.45, 2.75) is 74.8 Å². The largest absolute Gasteiger partial charge is 0.391 e. The van der Waals surface area contributed by atoms with Crippen molar-refractivity contribution in [2.24, 2.45) is 0 Å². The van der Waals surface area contributed by atoms with Gasteiger partial charge >= 0.3 is 0 Å². The summed E-state index contributed by atoms with van der Waals surface area (Å²) in [5.74, 6) is 1.39. The molecule has 3 atom stereocenters. The Balaban J connectivity index is 1.43. The van der Waals surface area contributed by atoms with Crippen LogP contribution in [0, 0.1) is 0 Å². The fourth-order valence-corrected chi connectivity index (χ4v) is 5.14. The van der Waals surface area contributed by atoms with Crippen molar-refractivity contribution < 1.29 is 9.90 Å². The van der Waals surface area contributed by atoms with Crippen molar-refractivity contribution in [2.75, 3.05) is 18.8 Å². The van der Waals surface area contributed by atoms with E-state index in [4.69, 9.17) is 0 Å².